The lowest BCUT2D eigenvalue weighted by Gasteiger charge is -2.19. The van der Waals surface area contributed by atoms with E-state index in [9.17, 15) is 9.59 Å². The van der Waals surface area contributed by atoms with Crippen molar-refractivity contribution in [2.75, 3.05) is 19.7 Å². The van der Waals surface area contributed by atoms with Gasteiger partial charge in [-0.15, -0.1) is 0 Å². The average Bonchev–Trinajstić information content (AvgIpc) is 2.68. The smallest absolute Gasteiger partial charge is 0.261 e. The fraction of sp³-hybridized carbons (Fsp3) is 0.429. The summed E-state index contributed by atoms with van der Waals surface area (Å²) in [5.74, 6) is -0.458. The monoisotopic (exact) mass is 262 g/mol. The highest BCUT2D eigenvalue weighted by Gasteiger charge is 2.34. The van der Waals surface area contributed by atoms with Crippen molar-refractivity contribution in [3.63, 3.8) is 0 Å². The molecule has 2 amide bonds. The molecular formula is C14H18N2O3. The molecule has 1 unspecified atom stereocenters. The number of carbonyl (C=O) groups is 2. The van der Waals surface area contributed by atoms with Crippen LogP contribution in [0, 0.1) is 0 Å². The van der Waals surface area contributed by atoms with Crippen LogP contribution in [0.25, 0.3) is 0 Å². The molecule has 0 saturated heterocycles. The summed E-state index contributed by atoms with van der Waals surface area (Å²) in [5.41, 5.74) is 6.54. The van der Waals surface area contributed by atoms with E-state index in [1.54, 1.807) is 24.3 Å². The van der Waals surface area contributed by atoms with Crippen LogP contribution >= 0.6 is 0 Å². The molecule has 1 aliphatic heterocycles. The Labute approximate surface area is 112 Å². The van der Waals surface area contributed by atoms with Gasteiger partial charge in [-0.1, -0.05) is 12.1 Å². The van der Waals surface area contributed by atoms with Crippen LogP contribution in [0.1, 0.15) is 34.1 Å². The van der Waals surface area contributed by atoms with E-state index in [-0.39, 0.29) is 17.9 Å². The van der Waals surface area contributed by atoms with Crippen LogP contribution in [0.3, 0.4) is 0 Å². The lowest BCUT2D eigenvalue weighted by Crippen LogP contribution is -2.35. The number of imide groups is 1. The molecule has 1 aliphatic rings. The Hall–Kier alpha value is -1.72. The van der Waals surface area contributed by atoms with Gasteiger partial charge in [-0.3, -0.25) is 14.5 Å². The van der Waals surface area contributed by atoms with Gasteiger partial charge in [-0.05, 0) is 25.5 Å². The van der Waals surface area contributed by atoms with Crippen molar-refractivity contribution in [3.05, 3.63) is 35.4 Å². The number of fused-ring (bicyclic) bond motifs is 1. The lowest BCUT2D eigenvalue weighted by molar-refractivity contribution is 0.0473. The standard InChI is InChI=1S/C14H18N2O3/c1-2-19-10(9-15)7-8-16-13(17)11-5-3-4-6-12(11)14(16)18/h3-6,10H,2,7-9,15H2,1H3. The molecular weight excluding hydrogens is 244 g/mol. The van der Waals surface area contributed by atoms with Crippen molar-refractivity contribution in [1.82, 2.24) is 4.90 Å². The topological polar surface area (TPSA) is 72.6 Å². The molecule has 2 N–H and O–H groups in total. The first-order chi connectivity index (χ1) is 9.19. The molecule has 1 atom stereocenters. The molecule has 0 aromatic heterocycles. The molecule has 0 radical (unpaired) electrons. The van der Waals surface area contributed by atoms with E-state index in [1.165, 1.54) is 4.90 Å². The SMILES string of the molecule is CCOC(CN)CCN1C(=O)c2ccccc2C1=O. The molecule has 5 heteroatoms. The molecule has 0 aliphatic carbocycles. The Balaban J connectivity index is 2.04. The molecule has 0 saturated carbocycles. The van der Waals surface area contributed by atoms with Gasteiger partial charge in [0.05, 0.1) is 17.2 Å². The van der Waals surface area contributed by atoms with E-state index in [2.05, 4.69) is 0 Å². The summed E-state index contributed by atoms with van der Waals surface area (Å²) >= 11 is 0. The third kappa shape index (κ3) is 2.67. The largest absolute Gasteiger partial charge is 0.377 e. The summed E-state index contributed by atoms with van der Waals surface area (Å²) in [4.78, 5) is 25.5. The molecule has 1 aromatic rings. The van der Waals surface area contributed by atoms with Gasteiger partial charge in [0.15, 0.2) is 0 Å². The highest BCUT2D eigenvalue weighted by Crippen LogP contribution is 2.22. The Morgan fingerprint density at radius 1 is 1.21 bits per heavy atom. The predicted molar refractivity (Wildman–Crippen MR) is 70.9 cm³/mol. The van der Waals surface area contributed by atoms with Crippen LogP contribution in [-0.2, 0) is 4.74 Å². The summed E-state index contributed by atoms with van der Waals surface area (Å²) in [7, 11) is 0. The highest BCUT2D eigenvalue weighted by molar-refractivity contribution is 6.21. The maximum Gasteiger partial charge on any atom is 0.261 e. The van der Waals surface area contributed by atoms with Crippen molar-refractivity contribution >= 4 is 11.8 Å². The molecule has 0 fully saturated rings. The van der Waals surface area contributed by atoms with Crippen LogP contribution in [-0.4, -0.2) is 42.5 Å². The van der Waals surface area contributed by atoms with E-state index in [0.717, 1.165) is 0 Å². The molecule has 1 heterocycles. The second-order valence-corrected chi connectivity index (χ2v) is 4.41. The minimum atomic E-state index is -0.229. The maximum atomic E-state index is 12.1. The summed E-state index contributed by atoms with van der Waals surface area (Å²) < 4.78 is 5.42. The number of rotatable bonds is 6. The van der Waals surface area contributed by atoms with Gasteiger partial charge in [-0.25, -0.2) is 0 Å². The van der Waals surface area contributed by atoms with E-state index in [1.807, 2.05) is 6.92 Å². The normalized spacial score (nSPS) is 15.8. The first kappa shape index (κ1) is 13.7. The fourth-order valence-corrected chi connectivity index (χ4v) is 2.22. The summed E-state index contributed by atoms with van der Waals surface area (Å²) in [6, 6.07) is 6.88. The van der Waals surface area contributed by atoms with Gasteiger partial charge >= 0.3 is 0 Å². The van der Waals surface area contributed by atoms with Crippen LogP contribution in [0.15, 0.2) is 24.3 Å². The Morgan fingerprint density at radius 2 is 1.79 bits per heavy atom. The van der Waals surface area contributed by atoms with Crippen molar-refractivity contribution in [3.8, 4) is 0 Å². The second-order valence-electron chi connectivity index (χ2n) is 4.41. The van der Waals surface area contributed by atoms with Crippen LogP contribution < -0.4 is 5.73 Å². The van der Waals surface area contributed by atoms with E-state index in [0.29, 0.717) is 37.2 Å². The van der Waals surface area contributed by atoms with Crippen molar-refractivity contribution in [2.24, 2.45) is 5.73 Å². The van der Waals surface area contributed by atoms with Crippen LogP contribution in [0.2, 0.25) is 0 Å². The van der Waals surface area contributed by atoms with Gasteiger partial charge < -0.3 is 10.5 Å². The van der Waals surface area contributed by atoms with Gasteiger partial charge in [-0.2, -0.15) is 0 Å². The quantitative estimate of drug-likeness (QED) is 0.777. The third-order valence-electron chi connectivity index (χ3n) is 3.22. The Morgan fingerprint density at radius 3 is 2.26 bits per heavy atom. The summed E-state index contributed by atoms with van der Waals surface area (Å²) in [6.07, 6.45) is 0.449. The zero-order valence-corrected chi connectivity index (χ0v) is 11.0. The van der Waals surface area contributed by atoms with Gasteiger partial charge in [0.25, 0.3) is 11.8 Å². The first-order valence-electron chi connectivity index (χ1n) is 6.46. The fourth-order valence-electron chi connectivity index (χ4n) is 2.22. The third-order valence-corrected chi connectivity index (χ3v) is 3.22. The number of carbonyl (C=O) groups excluding carboxylic acids is 2. The average molecular weight is 262 g/mol. The van der Waals surface area contributed by atoms with Crippen LogP contribution in [0.5, 0.6) is 0 Å². The van der Waals surface area contributed by atoms with Gasteiger partial charge in [0.2, 0.25) is 0 Å². The number of hydrogen-bond donors (Lipinski definition) is 1. The molecule has 5 nitrogen and oxygen atoms in total. The number of amides is 2. The number of benzene rings is 1. The van der Waals surface area contributed by atoms with Gasteiger partial charge in [0.1, 0.15) is 0 Å². The van der Waals surface area contributed by atoms with E-state index < -0.39 is 0 Å². The number of ether oxygens (including phenoxy) is 1. The second kappa shape index (κ2) is 5.95. The first-order valence-corrected chi connectivity index (χ1v) is 6.46. The van der Waals surface area contributed by atoms with Crippen molar-refractivity contribution in [2.45, 2.75) is 19.4 Å². The molecule has 19 heavy (non-hydrogen) atoms. The number of nitrogens with zero attached hydrogens (tertiary/aromatic N) is 1. The predicted octanol–water partition coefficient (Wildman–Crippen LogP) is 1.04. The van der Waals surface area contributed by atoms with Gasteiger partial charge in [0, 0.05) is 19.7 Å². The van der Waals surface area contributed by atoms with Crippen molar-refractivity contribution in [1.29, 1.82) is 0 Å². The Kier molecular flexibility index (Phi) is 4.29. The van der Waals surface area contributed by atoms with Crippen molar-refractivity contribution < 1.29 is 14.3 Å². The summed E-state index contributed by atoms with van der Waals surface area (Å²) in [5, 5.41) is 0. The van der Waals surface area contributed by atoms with E-state index in [4.69, 9.17) is 10.5 Å². The Bertz CT molecular complexity index is 452. The highest BCUT2D eigenvalue weighted by atomic mass is 16.5. The molecule has 0 spiro atoms. The van der Waals surface area contributed by atoms with Crippen LogP contribution in [0.4, 0.5) is 0 Å². The zero-order chi connectivity index (χ0) is 13.8. The molecule has 2 rings (SSSR count). The minimum absolute atomic E-state index is 0.116. The minimum Gasteiger partial charge on any atom is -0.377 e. The number of nitrogens with two attached hydrogens (primary N) is 1. The zero-order valence-electron chi connectivity index (χ0n) is 11.0. The van der Waals surface area contributed by atoms with E-state index >= 15 is 0 Å². The maximum absolute atomic E-state index is 12.1. The number of hydrogen-bond acceptors (Lipinski definition) is 4. The summed E-state index contributed by atoms with van der Waals surface area (Å²) in [6.45, 7) is 3.19. The molecule has 0 bridgehead atoms. The molecule has 102 valence electrons. The molecule has 1 aromatic carbocycles. The lowest BCUT2D eigenvalue weighted by atomic mass is 10.1.